The SMILES string of the molecule is CCOC(=O)NNC(=O)[C@@H](C)Oc1ccccc1Cl. The second-order valence-corrected chi connectivity index (χ2v) is 3.93. The number of amides is 2. The minimum Gasteiger partial charge on any atom is -0.479 e. The topological polar surface area (TPSA) is 76.7 Å². The summed E-state index contributed by atoms with van der Waals surface area (Å²) in [7, 11) is 0. The first-order valence-electron chi connectivity index (χ1n) is 5.68. The van der Waals surface area contributed by atoms with Crippen molar-refractivity contribution in [3.05, 3.63) is 29.3 Å². The van der Waals surface area contributed by atoms with Crippen LogP contribution in [0.4, 0.5) is 4.79 Å². The zero-order chi connectivity index (χ0) is 14.3. The van der Waals surface area contributed by atoms with Crippen molar-refractivity contribution >= 4 is 23.6 Å². The molecule has 0 saturated heterocycles. The predicted molar refractivity (Wildman–Crippen MR) is 69.8 cm³/mol. The van der Waals surface area contributed by atoms with E-state index in [9.17, 15) is 9.59 Å². The molecule has 0 aliphatic rings. The monoisotopic (exact) mass is 286 g/mol. The maximum atomic E-state index is 11.6. The van der Waals surface area contributed by atoms with E-state index in [0.717, 1.165) is 0 Å². The lowest BCUT2D eigenvalue weighted by molar-refractivity contribution is -0.128. The molecule has 0 aliphatic heterocycles. The van der Waals surface area contributed by atoms with Gasteiger partial charge in [-0.25, -0.2) is 10.2 Å². The Balaban J connectivity index is 2.45. The number of carbonyl (C=O) groups is 2. The molecule has 6 nitrogen and oxygen atoms in total. The van der Waals surface area contributed by atoms with E-state index >= 15 is 0 Å². The van der Waals surface area contributed by atoms with Gasteiger partial charge in [0.15, 0.2) is 6.10 Å². The van der Waals surface area contributed by atoms with Crippen LogP contribution in [0.15, 0.2) is 24.3 Å². The third-order valence-electron chi connectivity index (χ3n) is 2.07. The van der Waals surface area contributed by atoms with Gasteiger partial charge in [0.05, 0.1) is 11.6 Å². The van der Waals surface area contributed by atoms with Gasteiger partial charge in [-0.05, 0) is 26.0 Å². The predicted octanol–water partition coefficient (Wildman–Crippen LogP) is 1.88. The number of hydrogen-bond acceptors (Lipinski definition) is 4. The number of rotatable bonds is 4. The zero-order valence-corrected chi connectivity index (χ0v) is 11.4. The van der Waals surface area contributed by atoms with Gasteiger partial charge in [0, 0.05) is 0 Å². The van der Waals surface area contributed by atoms with Crippen LogP contribution in [0.2, 0.25) is 5.02 Å². The molecule has 0 heterocycles. The fourth-order valence-electron chi connectivity index (χ4n) is 1.17. The number of hydrogen-bond donors (Lipinski definition) is 2. The molecule has 19 heavy (non-hydrogen) atoms. The van der Waals surface area contributed by atoms with Gasteiger partial charge in [-0.15, -0.1) is 0 Å². The minimum atomic E-state index is -0.818. The molecular formula is C12H15ClN2O4. The highest BCUT2D eigenvalue weighted by molar-refractivity contribution is 6.32. The standard InChI is InChI=1S/C12H15ClN2O4/c1-3-18-12(17)15-14-11(16)8(2)19-10-7-5-4-6-9(10)13/h4-8H,3H2,1-2H3,(H,14,16)(H,15,17)/t8-/m1/s1. The van der Waals surface area contributed by atoms with Crippen LogP contribution in [-0.2, 0) is 9.53 Å². The van der Waals surface area contributed by atoms with Gasteiger partial charge in [-0.3, -0.25) is 10.2 Å². The number of benzene rings is 1. The molecule has 1 rings (SSSR count). The molecule has 7 heteroatoms. The Labute approximate surface area is 116 Å². The Morgan fingerprint density at radius 1 is 1.32 bits per heavy atom. The third-order valence-corrected chi connectivity index (χ3v) is 2.39. The Kier molecular flexibility index (Phi) is 5.95. The Morgan fingerprint density at radius 3 is 2.63 bits per heavy atom. The fourth-order valence-corrected chi connectivity index (χ4v) is 1.35. The van der Waals surface area contributed by atoms with Crippen LogP contribution in [0, 0.1) is 0 Å². The third kappa shape index (κ3) is 5.05. The van der Waals surface area contributed by atoms with Gasteiger partial charge >= 0.3 is 6.09 Å². The smallest absolute Gasteiger partial charge is 0.426 e. The van der Waals surface area contributed by atoms with Gasteiger partial charge in [0.1, 0.15) is 5.75 Å². The average Bonchev–Trinajstić information content (AvgIpc) is 2.39. The van der Waals surface area contributed by atoms with Gasteiger partial charge in [0.25, 0.3) is 5.91 Å². The van der Waals surface area contributed by atoms with E-state index in [-0.39, 0.29) is 6.61 Å². The molecular weight excluding hydrogens is 272 g/mol. The van der Waals surface area contributed by atoms with Gasteiger partial charge in [-0.1, -0.05) is 23.7 Å². The number of para-hydroxylation sites is 1. The molecule has 0 radical (unpaired) electrons. The average molecular weight is 287 g/mol. The van der Waals surface area contributed by atoms with E-state index in [1.54, 1.807) is 31.2 Å². The quantitative estimate of drug-likeness (QED) is 0.829. The number of carbonyl (C=O) groups excluding carboxylic acids is 2. The van der Waals surface area contributed by atoms with Gasteiger partial charge in [0.2, 0.25) is 0 Å². The summed E-state index contributed by atoms with van der Waals surface area (Å²) in [6.45, 7) is 3.41. The molecule has 0 bridgehead atoms. The van der Waals surface area contributed by atoms with Crippen molar-refractivity contribution < 1.29 is 19.1 Å². The lowest BCUT2D eigenvalue weighted by atomic mass is 10.3. The molecule has 0 unspecified atom stereocenters. The molecule has 0 aliphatic carbocycles. The highest BCUT2D eigenvalue weighted by Crippen LogP contribution is 2.24. The molecule has 104 valence electrons. The number of hydrazine groups is 1. The van der Waals surface area contributed by atoms with E-state index in [2.05, 4.69) is 15.6 Å². The molecule has 1 aromatic rings. The van der Waals surface area contributed by atoms with Crippen LogP contribution in [0.1, 0.15) is 13.8 Å². The lowest BCUT2D eigenvalue weighted by Gasteiger charge is -2.15. The van der Waals surface area contributed by atoms with Crippen LogP contribution in [-0.4, -0.2) is 24.7 Å². The highest BCUT2D eigenvalue weighted by atomic mass is 35.5. The molecule has 0 saturated carbocycles. The van der Waals surface area contributed by atoms with Crippen LogP contribution < -0.4 is 15.6 Å². The summed E-state index contributed by atoms with van der Waals surface area (Å²) in [4.78, 5) is 22.6. The summed E-state index contributed by atoms with van der Waals surface area (Å²) >= 11 is 5.90. The normalized spacial score (nSPS) is 11.3. The van der Waals surface area contributed by atoms with Crippen LogP contribution in [0.5, 0.6) is 5.75 Å². The van der Waals surface area contributed by atoms with E-state index < -0.39 is 18.1 Å². The van der Waals surface area contributed by atoms with Crippen LogP contribution >= 0.6 is 11.6 Å². The second-order valence-electron chi connectivity index (χ2n) is 3.53. The van der Waals surface area contributed by atoms with Crippen molar-refractivity contribution in [3.63, 3.8) is 0 Å². The molecule has 2 N–H and O–H groups in total. The molecule has 1 aromatic carbocycles. The highest BCUT2D eigenvalue weighted by Gasteiger charge is 2.16. The molecule has 0 fully saturated rings. The summed E-state index contributed by atoms with van der Waals surface area (Å²) in [6, 6.07) is 6.79. The first-order chi connectivity index (χ1) is 9.04. The van der Waals surface area contributed by atoms with Crippen LogP contribution in [0.3, 0.4) is 0 Å². The second kappa shape index (κ2) is 7.48. The van der Waals surface area contributed by atoms with Gasteiger partial charge in [-0.2, -0.15) is 0 Å². The van der Waals surface area contributed by atoms with Crippen molar-refractivity contribution in [1.29, 1.82) is 0 Å². The number of ether oxygens (including phenoxy) is 2. The van der Waals surface area contributed by atoms with Crippen molar-refractivity contribution in [2.24, 2.45) is 0 Å². The number of halogens is 1. The minimum absolute atomic E-state index is 0.216. The van der Waals surface area contributed by atoms with Crippen LogP contribution in [0.25, 0.3) is 0 Å². The van der Waals surface area contributed by atoms with E-state index in [0.29, 0.717) is 10.8 Å². The Bertz CT molecular complexity index is 453. The summed E-state index contributed by atoms with van der Waals surface area (Å²) < 4.78 is 9.95. The maximum absolute atomic E-state index is 11.6. The maximum Gasteiger partial charge on any atom is 0.426 e. The summed E-state index contributed by atoms with van der Waals surface area (Å²) in [6.07, 6.45) is -1.55. The number of nitrogens with one attached hydrogen (secondary N) is 2. The lowest BCUT2D eigenvalue weighted by Crippen LogP contribution is -2.47. The molecule has 0 spiro atoms. The first kappa shape index (κ1) is 15.1. The van der Waals surface area contributed by atoms with E-state index in [4.69, 9.17) is 16.3 Å². The molecule has 1 atom stereocenters. The van der Waals surface area contributed by atoms with Gasteiger partial charge < -0.3 is 9.47 Å². The summed E-state index contributed by atoms with van der Waals surface area (Å²) in [5.41, 5.74) is 4.27. The van der Waals surface area contributed by atoms with Crippen molar-refractivity contribution in [1.82, 2.24) is 10.9 Å². The van der Waals surface area contributed by atoms with Crippen molar-refractivity contribution in [3.8, 4) is 5.75 Å². The zero-order valence-electron chi connectivity index (χ0n) is 10.6. The largest absolute Gasteiger partial charge is 0.479 e. The fraction of sp³-hybridized carbons (Fsp3) is 0.333. The Morgan fingerprint density at radius 2 is 2.00 bits per heavy atom. The van der Waals surface area contributed by atoms with Crippen molar-refractivity contribution in [2.75, 3.05) is 6.61 Å². The first-order valence-corrected chi connectivity index (χ1v) is 6.06. The summed E-state index contributed by atoms with van der Waals surface area (Å²) in [5, 5.41) is 0.403. The summed E-state index contributed by atoms with van der Waals surface area (Å²) in [5.74, 6) is -0.129. The molecule has 2 amide bonds. The van der Waals surface area contributed by atoms with E-state index in [1.165, 1.54) is 6.92 Å². The van der Waals surface area contributed by atoms with E-state index in [1.807, 2.05) is 0 Å². The molecule has 0 aromatic heterocycles. The van der Waals surface area contributed by atoms with Crippen molar-refractivity contribution in [2.45, 2.75) is 20.0 Å². The Hall–Kier alpha value is -1.95.